The highest BCUT2D eigenvalue weighted by atomic mass is 16.2. The van der Waals surface area contributed by atoms with Crippen LogP contribution in [0.4, 0.5) is 5.69 Å². The number of hydrogen-bond acceptors (Lipinski definition) is 2. The van der Waals surface area contributed by atoms with E-state index in [1.165, 1.54) is 28.9 Å². The van der Waals surface area contributed by atoms with Gasteiger partial charge >= 0.3 is 0 Å². The smallest absolute Gasteiger partial charge is 0.238 e. The van der Waals surface area contributed by atoms with Crippen molar-refractivity contribution in [1.82, 2.24) is 0 Å². The molecule has 0 spiro atoms. The minimum absolute atomic E-state index is 0.000790. The highest BCUT2D eigenvalue weighted by Gasteiger charge is 2.62. The molecule has 23 heavy (non-hydrogen) atoms. The van der Waals surface area contributed by atoms with Gasteiger partial charge in [-0.15, -0.1) is 0 Å². The summed E-state index contributed by atoms with van der Waals surface area (Å²) in [6.07, 6.45) is 9.21. The molecule has 3 heteroatoms. The maximum absolute atomic E-state index is 13.0. The van der Waals surface area contributed by atoms with Gasteiger partial charge in [-0.1, -0.05) is 41.5 Å². The van der Waals surface area contributed by atoms with Crippen molar-refractivity contribution < 1.29 is 9.59 Å². The first-order valence-corrected chi connectivity index (χ1v) is 8.60. The van der Waals surface area contributed by atoms with Crippen LogP contribution in [0.2, 0.25) is 0 Å². The van der Waals surface area contributed by atoms with Crippen molar-refractivity contribution in [2.24, 2.45) is 23.7 Å². The van der Waals surface area contributed by atoms with E-state index < -0.39 is 0 Å². The zero-order valence-electron chi connectivity index (χ0n) is 12.9. The number of hydrogen-bond donors (Lipinski definition) is 0. The van der Waals surface area contributed by atoms with E-state index in [0.29, 0.717) is 5.69 Å². The first-order chi connectivity index (χ1) is 11.3. The Kier molecular flexibility index (Phi) is 2.70. The SMILES string of the molecule is O=C1[C@@H]2[C@@H](C(=O)N1c1ccccc1)[C@@H]1C=C[C@@H]2C1=C1CCCC1. The average molecular weight is 305 g/mol. The van der Waals surface area contributed by atoms with Gasteiger partial charge in [-0.25, -0.2) is 4.90 Å². The van der Waals surface area contributed by atoms with Gasteiger partial charge in [0.1, 0.15) is 0 Å². The lowest BCUT2D eigenvalue weighted by Gasteiger charge is -2.19. The Morgan fingerprint density at radius 2 is 1.39 bits per heavy atom. The molecule has 1 saturated heterocycles. The Labute approximate surface area is 135 Å². The van der Waals surface area contributed by atoms with Crippen LogP contribution in [0.15, 0.2) is 53.6 Å². The first kappa shape index (κ1) is 13.3. The van der Waals surface area contributed by atoms with E-state index in [1.54, 1.807) is 0 Å². The molecular formula is C20H19NO2. The van der Waals surface area contributed by atoms with Crippen molar-refractivity contribution in [2.45, 2.75) is 25.7 Å². The second-order valence-electron chi connectivity index (χ2n) is 7.10. The molecule has 3 fully saturated rings. The maximum Gasteiger partial charge on any atom is 0.238 e. The lowest BCUT2D eigenvalue weighted by molar-refractivity contribution is -0.122. The standard InChI is InChI=1S/C20H19NO2/c22-19-17-14-10-11-15(16(14)12-6-4-5-7-12)18(17)20(23)21(19)13-8-2-1-3-9-13/h1-3,8-11,14-15,17-18H,4-7H2/t14-,15-,17+,18+/m1/s1. The summed E-state index contributed by atoms with van der Waals surface area (Å²) in [4.78, 5) is 27.4. The van der Waals surface area contributed by atoms with Crippen LogP contribution < -0.4 is 4.90 Å². The fraction of sp³-hybridized carbons (Fsp3) is 0.400. The van der Waals surface area contributed by atoms with Gasteiger partial charge in [-0.2, -0.15) is 0 Å². The minimum atomic E-state index is -0.166. The van der Waals surface area contributed by atoms with E-state index in [4.69, 9.17) is 0 Å². The molecule has 5 rings (SSSR count). The first-order valence-electron chi connectivity index (χ1n) is 8.60. The Balaban J connectivity index is 1.57. The van der Waals surface area contributed by atoms with E-state index in [1.807, 2.05) is 30.3 Å². The summed E-state index contributed by atoms with van der Waals surface area (Å²) in [6.45, 7) is 0. The van der Waals surface area contributed by atoms with Gasteiger partial charge < -0.3 is 0 Å². The Bertz CT molecular complexity index is 719. The number of anilines is 1. The highest BCUT2D eigenvalue weighted by Crippen LogP contribution is 2.58. The highest BCUT2D eigenvalue weighted by molar-refractivity contribution is 6.23. The van der Waals surface area contributed by atoms with Gasteiger partial charge in [0.25, 0.3) is 0 Å². The van der Waals surface area contributed by atoms with Gasteiger partial charge in [-0.3, -0.25) is 9.59 Å². The largest absolute Gasteiger partial charge is 0.274 e. The van der Waals surface area contributed by atoms with Crippen molar-refractivity contribution in [2.75, 3.05) is 4.90 Å². The number of nitrogens with zero attached hydrogens (tertiary/aromatic N) is 1. The van der Waals surface area contributed by atoms with Crippen LogP contribution >= 0.6 is 0 Å². The molecule has 3 aliphatic carbocycles. The Morgan fingerprint density at radius 3 is 1.96 bits per heavy atom. The van der Waals surface area contributed by atoms with E-state index in [-0.39, 0.29) is 35.5 Å². The molecule has 0 radical (unpaired) electrons. The number of amides is 2. The second kappa shape index (κ2) is 4.67. The topological polar surface area (TPSA) is 37.4 Å². The van der Waals surface area contributed by atoms with Crippen molar-refractivity contribution in [3.63, 3.8) is 0 Å². The van der Waals surface area contributed by atoms with Crippen LogP contribution in [0, 0.1) is 23.7 Å². The molecule has 1 heterocycles. The number of fused-ring (bicyclic) bond motifs is 5. The third kappa shape index (κ3) is 1.65. The van der Waals surface area contributed by atoms with E-state index >= 15 is 0 Å². The molecule has 2 saturated carbocycles. The van der Waals surface area contributed by atoms with Crippen LogP contribution in [-0.2, 0) is 9.59 Å². The van der Waals surface area contributed by atoms with Crippen LogP contribution in [0.3, 0.4) is 0 Å². The van der Waals surface area contributed by atoms with Gasteiger partial charge in [0.05, 0.1) is 17.5 Å². The predicted molar refractivity (Wildman–Crippen MR) is 87.5 cm³/mol. The third-order valence-electron chi connectivity index (χ3n) is 6.05. The molecule has 2 amide bonds. The molecule has 2 bridgehead atoms. The molecule has 1 aromatic rings. The molecule has 0 aromatic heterocycles. The van der Waals surface area contributed by atoms with Crippen molar-refractivity contribution in [3.8, 4) is 0 Å². The maximum atomic E-state index is 13.0. The summed E-state index contributed by atoms with van der Waals surface area (Å²) in [5.74, 6) is 0.00595. The molecule has 4 aliphatic rings. The summed E-state index contributed by atoms with van der Waals surface area (Å²) in [6, 6.07) is 9.36. The quantitative estimate of drug-likeness (QED) is 0.588. The number of imide groups is 1. The molecule has 1 aromatic carbocycles. The normalized spacial score (nSPS) is 34.9. The average Bonchev–Trinajstić information content (AvgIpc) is 3.31. The Morgan fingerprint density at radius 1 is 0.826 bits per heavy atom. The number of allylic oxidation sites excluding steroid dienone is 4. The zero-order chi connectivity index (χ0) is 15.6. The van der Waals surface area contributed by atoms with Crippen molar-refractivity contribution >= 4 is 17.5 Å². The molecule has 1 aliphatic heterocycles. The number of benzene rings is 1. The number of carbonyl (C=O) groups excluding carboxylic acids is 2. The van der Waals surface area contributed by atoms with Gasteiger partial charge in [-0.05, 0) is 37.8 Å². The van der Waals surface area contributed by atoms with Gasteiger partial charge in [0, 0.05) is 11.8 Å². The van der Waals surface area contributed by atoms with Crippen molar-refractivity contribution in [3.05, 3.63) is 53.6 Å². The summed E-state index contributed by atoms with van der Waals surface area (Å²) in [7, 11) is 0. The number of carbonyl (C=O) groups is 2. The fourth-order valence-electron chi connectivity index (χ4n) is 5.16. The molecule has 0 unspecified atom stereocenters. The van der Waals surface area contributed by atoms with Crippen LogP contribution in [-0.4, -0.2) is 11.8 Å². The summed E-state index contributed by atoms with van der Waals surface area (Å²) in [5, 5.41) is 0. The second-order valence-corrected chi connectivity index (χ2v) is 7.10. The van der Waals surface area contributed by atoms with E-state index in [0.717, 1.165) is 12.8 Å². The van der Waals surface area contributed by atoms with E-state index in [9.17, 15) is 9.59 Å². The van der Waals surface area contributed by atoms with Crippen LogP contribution in [0.1, 0.15) is 25.7 Å². The molecule has 3 nitrogen and oxygen atoms in total. The minimum Gasteiger partial charge on any atom is -0.274 e. The summed E-state index contributed by atoms with van der Waals surface area (Å²) >= 11 is 0. The molecule has 0 N–H and O–H groups in total. The number of para-hydroxylation sites is 1. The number of rotatable bonds is 1. The zero-order valence-corrected chi connectivity index (χ0v) is 12.9. The third-order valence-corrected chi connectivity index (χ3v) is 6.05. The van der Waals surface area contributed by atoms with Crippen molar-refractivity contribution in [1.29, 1.82) is 0 Å². The van der Waals surface area contributed by atoms with Crippen LogP contribution in [0.25, 0.3) is 0 Å². The predicted octanol–water partition coefficient (Wildman–Crippen LogP) is 3.48. The van der Waals surface area contributed by atoms with Gasteiger partial charge in [0.2, 0.25) is 11.8 Å². The monoisotopic (exact) mass is 305 g/mol. The lowest BCUT2D eigenvalue weighted by atomic mass is 9.85. The van der Waals surface area contributed by atoms with Gasteiger partial charge in [0.15, 0.2) is 0 Å². The van der Waals surface area contributed by atoms with E-state index in [2.05, 4.69) is 12.2 Å². The molecule has 4 atom stereocenters. The summed E-state index contributed by atoms with van der Waals surface area (Å²) in [5.41, 5.74) is 3.67. The molecule has 116 valence electrons. The fourth-order valence-corrected chi connectivity index (χ4v) is 5.16. The Hall–Kier alpha value is -2.16. The summed E-state index contributed by atoms with van der Waals surface area (Å²) < 4.78 is 0. The van der Waals surface area contributed by atoms with Crippen LogP contribution in [0.5, 0.6) is 0 Å². The lowest BCUT2D eigenvalue weighted by Crippen LogP contribution is -2.33. The molecular weight excluding hydrogens is 286 g/mol.